The maximum Gasteiger partial charge on any atom is 0.0543 e. The van der Waals surface area contributed by atoms with Gasteiger partial charge in [0.25, 0.3) is 0 Å². The molecule has 0 amide bonds. The zero-order valence-electron chi connectivity index (χ0n) is 57.9. The van der Waals surface area contributed by atoms with Crippen LogP contribution in [-0.2, 0) is 10.8 Å². The minimum atomic E-state index is -0.284. The molecular weight excluding hydrogens is 1240 g/mol. The van der Waals surface area contributed by atoms with Gasteiger partial charge in [0, 0.05) is 99.4 Å². The minimum Gasteiger partial charge on any atom is -0.310 e. The Morgan fingerprint density at radius 3 is 0.676 bits per heavy atom. The van der Waals surface area contributed by atoms with E-state index in [-0.39, 0.29) is 10.8 Å². The highest BCUT2D eigenvalue weighted by molar-refractivity contribution is 6.30. The molecule has 0 radical (unpaired) electrons. The zero-order valence-corrected chi connectivity index (χ0v) is 57.9. The summed E-state index contributed by atoms with van der Waals surface area (Å²) in [6, 6.07) is 122. The van der Waals surface area contributed by atoms with Gasteiger partial charge in [0.1, 0.15) is 0 Å². The summed E-state index contributed by atoms with van der Waals surface area (Å²) in [5, 5.41) is 17.0. The van der Waals surface area contributed by atoms with Crippen molar-refractivity contribution in [3.63, 3.8) is 0 Å². The highest BCUT2D eigenvalue weighted by atomic mass is 15.2. The minimum absolute atomic E-state index is 0.284. The van der Waals surface area contributed by atoms with Gasteiger partial charge in [-0.1, -0.05) is 211 Å². The van der Waals surface area contributed by atoms with Crippen LogP contribution < -0.4 is 9.80 Å². The lowest BCUT2D eigenvalue weighted by Gasteiger charge is -2.34. The molecule has 0 aliphatic rings. The second kappa shape index (κ2) is 22.4. The third-order valence-electron chi connectivity index (χ3n) is 21.7. The van der Waals surface area contributed by atoms with Crippen molar-refractivity contribution < 1.29 is 0 Å². The molecule has 6 nitrogen and oxygen atoms in total. The second-order valence-corrected chi connectivity index (χ2v) is 29.7. The van der Waals surface area contributed by atoms with Gasteiger partial charge in [0.2, 0.25) is 0 Å². The van der Waals surface area contributed by atoms with Gasteiger partial charge in [-0.15, -0.1) is 0 Å². The van der Waals surface area contributed by atoms with Crippen LogP contribution >= 0.6 is 0 Å². The van der Waals surface area contributed by atoms with Crippen LogP contribution in [-0.4, -0.2) is 18.3 Å². The average molecular weight is 1310 g/mol. The highest BCUT2D eigenvalue weighted by Crippen LogP contribution is 2.54. The van der Waals surface area contributed by atoms with Crippen molar-refractivity contribution in [1.82, 2.24) is 18.3 Å². The summed E-state index contributed by atoms with van der Waals surface area (Å²) in [6.45, 7) is 14.4. The zero-order chi connectivity index (χ0) is 68.3. The van der Waals surface area contributed by atoms with E-state index in [1.807, 2.05) is 0 Å². The van der Waals surface area contributed by atoms with Gasteiger partial charge in [0.15, 0.2) is 0 Å². The molecule has 486 valence electrons. The number of rotatable bonds is 10. The maximum absolute atomic E-state index is 2.59. The number of fused-ring (bicyclic) bond motifs is 12. The van der Waals surface area contributed by atoms with E-state index in [1.54, 1.807) is 0 Å². The van der Waals surface area contributed by atoms with Crippen molar-refractivity contribution in [2.24, 2.45) is 0 Å². The van der Waals surface area contributed by atoms with E-state index in [0.29, 0.717) is 0 Å². The normalized spacial score (nSPS) is 12.4. The predicted molar refractivity (Wildman–Crippen MR) is 434 cm³/mol. The number of aromatic nitrogens is 4. The van der Waals surface area contributed by atoms with Crippen molar-refractivity contribution in [2.45, 2.75) is 52.4 Å². The topological polar surface area (TPSA) is 26.2 Å². The molecule has 20 rings (SSSR count). The molecule has 0 saturated carbocycles. The maximum atomic E-state index is 2.59. The molecular formula is C96H72N6. The molecule has 0 unspecified atom stereocenters. The van der Waals surface area contributed by atoms with Gasteiger partial charge in [0.05, 0.1) is 55.5 Å². The van der Waals surface area contributed by atoms with Crippen LogP contribution in [0.2, 0.25) is 0 Å². The summed E-state index contributed by atoms with van der Waals surface area (Å²) in [5.41, 5.74) is 22.4. The van der Waals surface area contributed by atoms with Gasteiger partial charge in [-0.2, -0.15) is 0 Å². The van der Waals surface area contributed by atoms with E-state index in [4.69, 9.17) is 0 Å². The Bertz CT molecular complexity index is 6030. The lowest BCUT2D eigenvalue weighted by molar-refractivity contribution is 0.595. The van der Waals surface area contributed by atoms with Crippen molar-refractivity contribution in [3.8, 4) is 22.7 Å². The Balaban J connectivity index is 0.893. The van der Waals surface area contributed by atoms with Crippen LogP contribution in [0.1, 0.15) is 52.7 Å². The summed E-state index contributed by atoms with van der Waals surface area (Å²) in [4.78, 5) is 5.17. The molecule has 4 aromatic heterocycles. The first-order chi connectivity index (χ1) is 49.9. The number of anilines is 6. The van der Waals surface area contributed by atoms with Gasteiger partial charge < -0.3 is 28.1 Å². The number of hydrogen-bond donors (Lipinski definition) is 0. The van der Waals surface area contributed by atoms with E-state index in [9.17, 15) is 0 Å². The van der Waals surface area contributed by atoms with E-state index >= 15 is 0 Å². The van der Waals surface area contributed by atoms with Crippen molar-refractivity contribution in [1.29, 1.82) is 0 Å². The van der Waals surface area contributed by atoms with Crippen molar-refractivity contribution in [2.75, 3.05) is 9.80 Å². The summed E-state index contributed by atoms with van der Waals surface area (Å²) < 4.78 is 9.69. The number of hydrogen-bond acceptors (Lipinski definition) is 2. The van der Waals surface area contributed by atoms with Gasteiger partial charge in [-0.25, -0.2) is 0 Å². The van der Waals surface area contributed by atoms with Crippen LogP contribution in [0.15, 0.2) is 328 Å². The third-order valence-corrected chi connectivity index (χ3v) is 21.7. The first-order valence-electron chi connectivity index (χ1n) is 35.7. The summed E-state index contributed by atoms with van der Waals surface area (Å²) >= 11 is 0. The quantitative estimate of drug-likeness (QED) is 0.128. The molecule has 16 aromatic carbocycles. The molecule has 0 saturated heterocycles. The molecule has 20 aromatic rings. The predicted octanol–water partition coefficient (Wildman–Crippen LogP) is 26.5. The SMILES string of the molecule is CC(C)(C)c1cc(N(c2ccc3c(c2)c2ccccc2n3-c2ccccc2)c2ccc3c(c2)c2ccccc2n3-c2ccccc2)c2ccc3c(C(C)(C)C)cc(N(c4ccc5c(c4)c4ccccc4n5-c4ccccc4)c4ccc5c(c4)c4ccccc4n5-c4ccccc4)c4ccc1c2c43. The van der Waals surface area contributed by atoms with Crippen molar-refractivity contribution >= 4 is 154 Å². The molecule has 0 aliphatic heterocycles. The molecule has 0 atom stereocenters. The van der Waals surface area contributed by atoms with Gasteiger partial charge in [-0.05, 0) is 201 Å². The van der Waals surface area contributed by atoms with Crippen LogP contribution in [0.4, 0.5) is 34.1 Å². The second-order valence-electron chi connectivity index (χ2n) is 29.7. The van der Waals surface area contributed by atoms with Crippen molar-refractivity contribution in [3.05, 3.63) is 339 Å². The third kappa shape index (κ3) is 8.98. The Labute approximate surface area is 591 Å². The molecule has 0 fully saturated rings. The number of para-hydroxylation sites is 8. The smallest absolute Gasteiger partial charge is 0.0543 e. The standard InChI is InChI=1S/C96H72N6/c1-95(2,3)81-59-91(97(65-43-51-87-77(55-65)69-35-19-23-39-83(69)99(87)61-27-11-7-12-28-61)66-44-52-88-78(56-66)70-36-20-24-40-84(70)100(88)62-29-13-8-14-30-62)75-50-48-74-82(96(4,5)6)60-92(76-49-47-73(81)93(75)94(74)76)98(67-45-53-89-79(57-67)71-37-21-25-41-85(71)101(89)63-31-15-9-16-32-63)68-46-54-90-80(58-68)72-38-22-26-42-86(72)102(90)64-33-17-10-18-34-64/h7-60H,1-6H3. The fraction of sp³-hybridized carbons (Fsp3) is 0.0833. The molecule has 0 spiro atoms. The molecule has 0 aliphatic carbocycles. The Morgan fingerprint density at radius 2 is 0.422 bits per heavy atom. The molecule has 0 bridgehead atoms. The van der Waals surface area contributed by atoms with E-state index in [1.165, 1.54) is 109 Å². The summed E-state index contributed by atoms with van der Waals surface area (Å²) in [7, 11) is 0. The highest BCUT2D eigenvalue weighted by Gasteiger charge is 2.32. The van der Waals surface area contributed by atoms with Crippen LogP contribution in [0, 0.1) is 0 Å². The monoisotopic (exact) mass is 1310 g/mol. The average Bonchev–Trinajstić information content (AvgIpc) is 1.22. The van der Waals surface area contributed by atoms with E-state index in [0.717, 1.165) is 78.9 Å². The van der Waals surface area contributed by atoms with Crippen LogP contribution in [0.5, 0.6) is 0 Å². The lowest BCUT2D eigenvalue weighted by atomic mass is 9.77. The largest absolute Gasteiger partial charge is 0.310 e. The van der Waals surface area contributed by atoms with Crippen LogP contribution in [0.25, 0.3) is 142 Å². The summed E-state index contributed by atoms with van der Waals surface area (Å²) in [6.07, 6.45) is 0. The lowest BCUT2D eigenvalue weighted by Crippen LogP contribution is -2.17. The molecule has 102 heavy (non-hydrogen) atoms. The summed E-state index contributed by atoms with van der Waals surface area (Å²) in [5.74, 6) is 0. The van der Waals surface area contributed by atoms with Gasteiger partial charge in [-0.3, -0.25) is 0 Å². The Morgan fingerprint density at radius 1 is 0.196 bits per heavy atom. The van der Waals surface area contributed by atoms with Crippen LogP contribution in [0.3, 0.4) is 0 Å². The molecule has 0 N–H and O–H groups in total. The molecule has 4 heterocycles. The Kier molecular flexibility index (Phi) is 13.1. The number of nitrogens with zero attached hydrogens (tertiary/aromatic N) is 6. The number of benzene rings is 16. The first kappa shape index (κ1) is 59.4. The Hall–Kier alpha value is -12.6. The van der Waals surface area contributed by atoms with E-state index in [2.05, 4.69) is 397 Å². The fourth-order valence-corrected chi connectivity index (χ4v) is 17.2. The van der Waals surface area contributed by atoms with E-state index < -0.39 is 0 Å². The van der Waals surface area contributed by atoms with Gasteiger partial charge >= 0.3 is 0 Å². The fourth-order valence-electron chi connectivity index (χ4n) is 17.2. The molecule has 6 heteroatoms. The first-order valence-corrected chi connectivity index (χ1v) is 35.7.